The molecule has 0 unspecified atom stereocenters. The molecule has 1 rings (SSSR count). The summed E-state index contributed by atoms with van der Waals surface area (Å²) in [5.74, 6) is 0.677. The third-order valence-corrected chi connectivity index (χ3v) is 3.15. The van der Waals surface area contributed by atoms with Gasteiger partial charge < -0.3 is 9.47 Å². The summed E-state index contributed by atoms with van der Waals surface area (Å²) in [6.45, 7) is 5.43. The molecule has 4 nitrogen and oxygen atoms in total. The highest BCUT2D eigenvalue weighted by Crippen LogP contribution is 2.34. The normalized spacial score (nSPS) is 11.0. The Kier molecular flexibility index (Phi) is 5.04. The number of carbonyl (C=O) groups excluding carboxylic acids is 1. The molecule has 0 aromatic heterocycles. The van der Waals surface area contributed by atoms with Crippen molar-refractivity contribution in [3.63, 3.8) is 0 Å². The molecule has 6 heteroatoms. The molecular weight excluding hydrogens is 366 g/mol. The van der Waals surface area contributed by atoms with Gasteiger partial charge in [0.25, 0.3) is 0 Å². The van der Waals surface area contributed by atoms with Crippen LogP contribution in [0.15, 0.2) is 21.1 Å². The first kappa shape index (κ1) is 15.3. The van der Waals surface area contributed by atoms with E-state index in [0.717, 1.165) is 4.47 Å². The number of hydrogen-bond acceptors (Lipinski definition) is 3. The van der Waals surface area contributed by atoms with Crippen LogP contribution in [0.3, 0.4) is 0 Å². The molecule has 0 radical (unpaired) electrons. The topological polar surface area (TPSA) is 47.6 Å². The van der Waals surface area contributed by atoms with Gasteiger partial charge in [-0.05, 0) is 64.8 Å². The fourth-order valence-corrected chi connectivity index (χ4v) is 2.12. The number of hydrogen-bond donors (Lipinski definition) is 1. The Labute approximate surface area is 123 Å². The predicted octanol–water partition coefficient (Wildman–Crippen LogP) is 4.57. The van der Waals surface area contributed by atoms with Crippen LogP contribution in [0.4, 0.5) is 10.5 Å². The lowest BCUT2D eigenvalue weighted by atomic mass is 10.2. The van der Waals surface area contributed by atoms with Crippen molar-refractivity contribution in [1.82, 2.24) is 0 Å². The molecule has 0 aliphatic carbocycles. The molecular formula is C12H15Br2NO3. The van der Waals surface area contributed by atoms with E-state index < -0.39 is 11.7 Å². The van der Waals surface area contributed by atoms with Crippen molar-refractivity contribution in [2.24, 2.45) is 0 Å². The van der Waals surface area contributed by atoms with Gasteiger partial charge in [-0.1, -0.05) is 0 Å². The minimum Gasteiger partial charge on any atom is -0.496 e. The largest absolute Gasteiger partial charge is 0.496 e. The molecule has 0 spiro atoms. The van der Waals surface area contributed by atoms with Gasteiger partial charge in [0.05, 0.1) is 17.3 Å². The molecule has 0 fully saturated rings. The Bertz CT molecular complexity index is 455. The van der Waals surface area contributed by atoms with Crippen molar-refractivity contribution < 1.29 is 14.3 Å². The van der Waals surface area contributed by atoms with Crippen LogP contribution in [-0.4, -0.2) is 18.8 Å². The summed E-state index contributed by atoms with van der Waals surface area (Å²) < 4.78 is 11.8. The van der Waals surface area contributed by atoms with Crippen molar-refractivity contribution in [2.75, 3.05) is 12.4 Å². The van der Waals surface area contributed by atoms with Gasteiger partial charge in [0.15, 0.2) is 0 Å². The van der Waals surface area contributed by atoms with E-state index in [-0.39, 0.29) is 0 Å². The van der Waals surface area contributed by atoms with Crippen LogP contribution in [0.5, 0.6) is 5.75 Å². The van der Waals surface area contributed by atoms with E-state index in [9.17, 15) is 4.79 Å². The summed E-state index contributed by atoms with van der Waals surface area (Å²) in [6, 6.07) is 3.50. The van der Waals surface area contributed by atoms with Gasteiger partial charge in [0.2, 0.25) is 0 Å². The molecule has 0 bridgehead atoms. The van der Waals surface area contributed by atoms with Gasteiger partial charge in [-0.3, -0.25) is 5.32 Å². The molecule has 1 aromatic carbocycles. The smallest absolute Gasteiger partial charge is 0.412 e. The van der Waals surface area contributed by atoms with Crippen molar-refractivity contribution in [2.45, 2.75) is 26.4 Å². The fourth-order valence-electron chi connectivity index (χ4n) is 1.19. The van der Waals surface area contributed by atoms with Crippen molar-refractivity contribution in [3.05, 3.63) is 21.1 Å². The number of methoxy groups -OCH3 is 1. The van der Waals surface area contributed by atoms with E-state index in [1.54, 1.807) is 19.2 Å². The number of rotatable bonds is 2. The van der Waals surface area contributed by atoms with Gasteiger partial charge in [-0.25, -0.2) is 4.79 Å². The van der Waals surface area contributed by atoms with E-state index in [1.165, 1.54) is 0 Å². The highest BCUT2D eigenvalue weighted by atomic mass is 79.9. The average molecular weight is 381 g/mol. The Morgan fingerprint density at radius 1 is 1.22 bits per heavy atom. The van der Waals surface area contributed by atoms with E-state index in [2.05, 4.69) is 37.2 Å². The highest BCUT2D eigenvalue weighted by molar-refractivity contribution is 9.11. The molecule has 1 aromatic rings. The molecule has 1 amide bonds. The van der Waals surface area contributed by atoms with Crippen molar-refractivity contribution in [3.8, 4) is 5.75 Å². The summed E-state index contributed by atoms with van der Waals surface area (Å²) in [4.78, 5) is 11.6. The van der Waals surface area contributed by atoms with E-state index in [1.807, 2.05) is 20.8 Å². The summed E-state index contributed by atoms with van der Waals surface area (Å²) in [6.07, 6.45) is -0.500. The van der Waals surface area contributed by atoms with Crippen molar-refractivity contribution in [1.29, 1.82) is 0 Å². The molecule has 0 aliphatic rings. The number of benzene rings is 1. The van der Waals surface area contributed by atoms with Gasteiger partial charge in [0, 0.05) is 4.47 Å². The fraction of sp³-hybridized carbons (Fsp3) is 0.417. The Morgan fingerprint density at radius 2 is 1.83 bits per heavy atom. The number of amides is 1. The highest BCUT2D eigenvalue weighted by Gasteiger charge is 2.17. The average Bonchev–Trinajstić information content (AvgIpc) is 2.20. The third-order valence-electron chi connectivity index (χ3n) is 1.88. The lowest BCUT2D eigenvalue weighted by Gasteiger charge is -2.20. The van der Waals surface area contributed by atoms with Gasteiger partial charge >= 0.3 is 6.09 Å². The summed E-state index contributed by atoms with van der Waals surface area (Å²) in [5.41, 5.74) is 0.0807. The second-order valence-electron chi connectivity index (χ2n) is 4.59. The standard InChI is InChI=1S/C12H15Br2NO3/c1-12(2,3)18-11(16)15-9-5-8(14)10(17-4)6-7(9)13/h5-6H,1-4H3,(H,15,16). The SMILES string of the molecule is COc1cc(Br)c(NC(=O)OC(C)(C)C)cc1Br. The first-order chi connectivity index (χ1) is 8.23. The third kappa shape index (κ3) is 4.49. The summed E-state index contributed by atoms with van der Waals surface area (Å²) in [5, 5.41) is 2.67. The first-order valence-corrected chi connectivity index (χ1v) is 6.84. The monoisotopic (exact) mass is 379 g/mol. The Balaban J connectivity index is 2.86. The predicted molar refractivity (Wildman–Crippen MR) is 78.3 cm³/mol. The van der Waals surface area contributed by atoms with E-state index in [0.29, 0.717) is 15.9 Å². The maximum atomic E-state index is 11.6. The first-order valence-electron chi connectivity index (χ1n) is 5.26. The van der Waals surface area contributed by atoms with Crippen LogP contribution in [0.25, 0.3) is 0 Å². The van der Waals surface area contributed by atoms with Crippen molar-refractivity contribution >= 4 is 43.6 Å². The summed E-state index contributed by atoms with van der Waals surface area (Å²) >= 11 is 6.71. The molecule has 0 saturated heterocycles. The van der Waals surface area contributed by atoms with Crippen LogP contribution in [0.1, 0.15) is 20.8 Å². The van der Waals surface area contributed by atoms with Crippen LogP contribution < -0.4 is 10.1 Å². The molecule has 18 heavy (non-hydrogen) atoms. The molecule has 0 aliphatic heterocycles. The Hall–Kier alpha value is -0.750. The number of nitrogens with one attached hydrogen (secondary N) is 1. The summed E-state index contributed by atoms with van der Waals surface area (Å²) in [7, 11) is 1.58. The Morgan fingerprint density at radius 3 is 2.33 bits per heavy atom. The minimum atomic E-state index is -0.528. The zero-order valence-corrected chi connectivity index (χ0v) is 13.8. The van der Waals surface area contributed by atoms with E-state index >= 15 is 0 Å². The van der Waals surface area contributed by atoms with E-state index in [4.69, 9.17) is 9.47 Å². The zero-order chi connectivity index (χ0) is 13.9. The van der Waals surface area contributed by atoms with Crippen LogP contribution >= 0.6 is 31.9 Å². The van der Waals surface area contributed by atoms with Crippen LogP contribution in [-0.2, 0) is 4.74 Å². The second-order valence-corrected chi connectivity index (χ2v) is 6.30. The quantitative estimate of drug-likeness (QED) is 0.817. The number of halogens is 2. The molecule has 100 valence electrons. The van der Waals surface area contributed by atoms with Gasteiger partial charge in [-0.15, -0.1) is 0 Å². The van der Waals surface area contributed by atoms with Gasteiger partial charge in [-0.2, -0.15) is 0 Å². The van der Waals surface area contributed by atoms with Crippen LogP contribution in [0.2, 0.25) is 0 Å². The maximum absolute atomic E-state index is 11.6. The number of anilines is 1. The minimum absolute atomic E-state index is 0.500. The lowest BCUT2D eigenvalue weighted by molar-refractivity contribution is 0.0636. The number of ether oxygens (including phenoxy) is 2. The number of carbonyl (C=O) groups is 1. The van der Waals surface area contributed by atoms with Gasteiger partial charge in [0.1, 0.15) is 11.4 Å². The zero-order valence-electron chi connectivity index (χ0n) is 10.6. The molecule has 0 atom stereocenters. The molecule has 0 saturated carbocycles. The lowest BCUT2D eigenvalue weighted by Crippen LogP contribution is -2.27. The van der Waals surface area contributed by atoms with Crippen LogP contribution in [0, 0.1) is 0 Å². The molecule has 1 N–H and O–H groups in total. The second kappa shape index (κ2) is 5.93. The molecule has 0 heterocycles. The maximum Gasteiger partial charge on any atom is 0.412 e.